The SMILES string of the molecule is Cn1ccnc1C1CCN(C(=O)COC2CCCCC2)C1. The largest absolute Gasteiger partial charge is 0.368 e. The van der Waals surface area contributed by atoms with Crippen molar-refractivity contribution in [1.29, 1.82) is 0 Å². The van der Waals surface area contributed by atoms with Crippen LogP contribution in [-0.2, 0) is 16.6 Å². The van der Waals surface area contributed by atoms with Crippen LogP contribution in [-0.4, -0.2) is 46.2 Å². The van der Waals surface area contributed by atoms with Gasteiger partial charge in [0.15, 0.2) is 0 Å². The number of carbonyl (C=O) groups excluding carboxylic acids is 1. The molecule has 0 N–H and O–H groups in total. The van der Waals surface area contributed by atoms with Gasteiger partial charge in [0, 0.05) is 38.4 Å². The van der Waals surface area contributed by atoms with Crippen molar-refractivity contribution in [3.63, 3.8) is 0 Å². The first kappa shape index (κ1) is 14.6. The average Bonchev–Trinajstić information content (AvgIpc) is 3.14. The molecule has 1 unspecified atom stereocenters. The van der Waals surface area contributed by atoms with Gasteiger partial charge in [0.2, 0.25) is 5.91 Å². The predicted molar refractivity (Wildman–Crippen MR) is 80.0 cm³/mol. The highest BCUT2D eigenvalue weighted by molar-refractivity contribution is 5.77. The molecule has 1 atom stereocenters. The molecular formula is C16H25N3O2. The maximum atomic E-state index is 12.3. The molecule has 5 nitrogen and oxygen atoms in total. The van der Waals surface area contributed by atoms with Crippen LogP contribution in [0.15, 0.2) is 12.4 Å². The summed E-state index contributed by atoms with van der Waals surface area (Å²) in [6, 6.07) is 0. The number of ether oxygens (including phenoxy) is 1. The second-order valence-electron chi connectivity index (χ2n) is 6.29. The van der Waals surface area contributed by atoms with E-state index in [0.29, 0.717) is 12.0 Å². The van der Waals surface area contributed by atoms with Crippen molar-refractivity contribution < 1.29 is 9.53 Å². The summed E-state index contributed by atoms with van der Waals surface area (Å²) in [5.74, 6) is 1.58. The second kappa shape index (κ2) is 6.60. The molecule has 5 heteroatoms. The van der Waals surface area contributed by atoms with E-state index in [1.54, 1.807) is 0 Å². The van der Waals surface area contributed by atoms with Crippen LogP contribution >= 0.6 is 0 Å². The molecule has 2 aliphatic rings. The smallest absolute Gasteiger partial charge is 0.248 e. The maximum absolute atomic E-state index is 12.3. The fraction of sp³-hybridized carbons (Fsp3) is 0.750. The van der Waals surface area contributed by atoms with E-state index >= 15 is 0 Å². The Balaban J connectivity index is 1.47. The molecule has 1 aliphatic heterocycles. The fourth-order valence-electron chi connectivity index (χ4n) is 3.48. The third-order valence-corrected chi connectivity index (χ3v) is 4.76. The zero-order valence-electron chi connectivity index (χ0n) is 12.8. The van der Waals surface area contributed by atoms with Crippen molar-refractivity contribution in [2.75, 3.05) is 19.7 Å². The Morgan fingerprint density at radius 1 is 1.33 bits per heavy atom. The highest BCUT2D eigenvalue weighted by Gasteiger charge is 2.29. The normalized spacial score (nSPS) is 23.7. The predicted octanol–water partition coefficient (Wildman–Crippen LogP) is 2.09. The van der Waals surface area contributed by atoms with Crippen molar-refractivity contribution in [2.24, 2.45) is 7.05 Å². The fourth-order valence-corrected chi connectivity index (χ4v) is 3.48. The Kier molecular flexibility index (Phi) is 4.58. The lowest BCUT2D eigenvalue weighted by molar-refractivity contribution is -0.137. The molecule has 0 bridgehead atoms. The molecule has 116 valence electrons. The van der Waals surface area contributed by atoms with Gasteiger partial charge >= 0.3 is 0 Å². The Hall–Kier alpha value is -1.36. The molecular weight excluding hydrogens is 266 g/mol. The zero-order valence-corrected chi connectivity index (χ0v) is 12.8. The quantitative estimate of drug-likeness (QED) is 0.853. The van der Waals surface area contributed by atoms with Gasteiger partial charge < -0.3 is 14.2 Å². The molecule has 1 amide bonds. The van der Waals surface area contributed by atoms with Crippen LogP contribution in [0.3, 0.4) is 0 Å². The maximum Gasteiger partial charge on any atom is 0.248 e. The van der Waals surface area contributed by atoms with E-state index < -0.39 is 0 Å². The number of hydrogen-bond acceptors (Lipinski definition) is 3. The highest BCUT2D eigenvalue weighted by atomic mass is 16.5. The van der Waals surface area contributed by atoms with Gasteiger partial charge in [-0.05, 0) is 19.3 Å². The number of hydrogen-bond donors (Lipinski definition) is 0. The summed E-state index contributed by atoms with van der Waals surface area (Å²) in [6.45, 7) is 1.85. The van der Waals surface area contributed by atoms with Gasteiger partial charge in [0.25, 0.3) is 0 Å². The van der Waals surface area contributed by atoms with Gasteiger partial charge in [-0.25, -0.2) is 4.98 Å². The van der Waals surface area contributed by atoms with E-state index in [4.69, 9.17) is 4.74 Å². The van der Waals surface area contributed by atoms with Gasteiger partial charge in [-0.3, -0.25) is 4.79 Å². The van der Waals surface area contributed by atoms with E-state index in [-0.39, 0.29) is 12.5 Å². The Morgan fingerprint density at radius 3 is 2.86 bits per heavy atom. The Morgan fingerprint density at radius 2 is 2.14 bits per heavy atom. The van der Waals surface area contributed by atoms with E-state index in [1.165, 1.54) is 19.3 Å². The molecule has 2 heterocycles. The van der Waals surface area contributed by atoms with Crippen LogP contribution in [0.5, 0.6) is 0 Å². The summed E-state index contributed by atoms with van der Waals surface area (Å²) in [6.07, 6.45) is 11.1. The summed E-state index contributed by atoms with van der Waals surface area (Å²) >= 11 is 0. The Bertz CT molecular complexity index is 480. The average molecular weight is 291 g/mol. The van der Waals surface area contributed by atoms with Gasteiger partial charge in [-0.1, -0.05) is 19.3 Å². The highest BCUT2D eigenvalue weighted by Crippen LogP contribution is 2.26. The molecule has 1 aromatic rings. The number of nitrogens with zero attached hydrogens (tertiary/aromatic N) is 3. The molecule has 1 aliphatic carbocycles. The molecule has 1 saturated carbocycles. The number of likely N-dealkylation sites (tertiary alicyclic amines) is 1. The third-order valence-electron chi connectivity index (χ3n) is 4.76. The van der Waals surface area contributed by atoms with Crippen LogP contribution < -0.4 is 0 Å². The van der Waals surface area contributed by atoms with Crippen molar-refractivity contribution in [3.05, 3.63) is 18.2 Å². The lowest BCUT2D eigenvalue weighted by Crippen LogP contribution is -2.33. The second-order valence-corrected chi connectivity index (χ2v) is 6.29. The number of aryl methyl sites for hydroxylation is 1. The molecule has 0 aromatic carbocycles. The number of imidazole rings is 1. The van der Waals surface area contributed by atoms with E-state index in [2.05, 4.69) is 9.55 Å². The molecule has 1 aromatic heterocycles. The third kappa shape index (κ3) is 3.46. The monoisotopic (exact) mass is 291 g/mol. The summed E-state index contributed by atoms with van der Waals surface area (Å²) in [5.41, 5.74) is 0. The van der Waals surface area contributed by atoms with E-state index in [9.17, 15) is 4.79 Å². The van der Waals surface area contributed by atoms with Crippen LogP contribution in [0.2, 0.25) is 0 Å². The summed E-state index contributed by atoms with van der Waals surface area (Å²) in [5, 5.41) is 0. The number of aromatic nitrogens is 2. The number of carbonyl (C=O) groups is 1. The van der Waals surface area contributed by atoms with Crippen LogP contribution in [0, 0.1) is 0 Å². The van der Waals surface area contributed by atoms with Crippen molar-refractivity contribution in [1.82, 2.24) is 14.5 Å². The summed E-state index contributed by atoms with van der Waals surface area (Å²) in [4.78, 5) is 18.6. The summed E-state index contributed by atoms with van der Waals surface area (Å²) in [7, 11) is 2.01. The molecule has 0 spiro atoms. The van der Waals surface area contributed by atoms with Crippen molar-refractivity contribution in [2.45, 2.75) is 50.5 Å². The zero-order chi connectivity index (χ0) is 14.7. The summed E-state index contributed by atoms with van der Waals surface area (Å²) < 4.78 is 7.85. The number of rotatable bonds is 4. The van der Waals surface area contributed by atoms with E-state index in [0.717, 1.165) is 38.2 Å². The minimum atomic E-state index is 0.136. The first-order valence-electron chi connectivity index (χ1n) is 8.10. The van der Waals surface area contributed by atoms with E-state index in [1.807, 2.05) is 24.3 Å². The first-order valence-corrected chi connectivity index (χ1v) is 8.10. The molecule has 0 radical (unpaired) electrons. The minimum absolute atomic E-state index is 0.136. The molecule has 1 saturated heterocycles. The van der Waals surface area contributed by atoms with Crippen LogP contribution in [0.25, 0.3) is 0 Å². The van der Waals surface area contributed by atoms with Gasteiger partial charge in [0.1, 0.15) is 12.4 Å². The first-order chi connectivity index (χ1) is 10.2. The minimum Gasteiger partial charge on any atom is -0.368 e. The topological polar surface area (TPSA) is 47.4 Å². The number of amides is 1. The van der Waals surface area contributed by atoms with Crippen LogP contribution in [0.4, 0.5) is 0 Å². The Labute approximate surface area is 126 Å². The van der Waals surface area contributed by atoms with Gasteiger partial charge in [-0.2, -0.15) is 0 Å². The van der Waals surface area contributed by atoms with Gasteiger partial charge in [0.05, 0.1) is 6.10 Å². The molecule has 3 rings (SSSR count). The molecule has 21 heavy (non-hydrogen) atoms. The van der Waals surface area contributed by atoms with Crippen molar-refractivity contribution >= 4 is 5.91 Å². The van der Waals surface area contributed by atoms with Crippen LogP contribution in [0.1, 0.15) is 50.3 Å². The lowest BCUT2D eigenvalue weighted by atomic mass is 9.98. The lowest BCUT2D eigenvalue weighted by Gasteiger charge is -2.23. The standard InChI is InChI=1S/C16H25N3O2/c1-18-10-8-17-16(18)13-7-9-19(11-13)15(20)12-21-14-5-3-2-4-6-14/h8,10,13-14H,2-7,9,11-12H2,1H3. The molecule has 2 fully saturated rings. The van der Waals surface area contributed by atoms with Crippen molar-refractivity contribution in [3.8, 4) is 0 Å². The van der Waals surface area contributed by atoms with Gasteiger partial charge in [-0.15, -0.1) is 0 Å².